The summed E-state index contributed by atoms with van der Waals surface area (Å²) in [6.07, 6.45) is 5.05. The van der Waals surface area contributed by atoms with Gasteiger partial charge in [0.2, 0.25) is 0 Å². The Morgan fingerprint density at radius 2 is 2.15 bits per heavy atom. The molecule has 2 aromatic rings. The molecule has 7 heteroatoms. The van der Waals surface area contributed by atoms with Crippen LogP contribution in [0.3, 0.4) is 0 Å². The number of halogens is 1. The van der Waals surface area contributed by atoms with E-state index in [4.69, 9.17) is 4.74 Å². The van der Waals surface area contributed by atoms with Crippen molar-refractivity contribution in [3.8, 4) is 5.75 Å². The number of ether oxygens (including phenoxy) is 1. The van der Waals surface area contributed by atoms with Gasteiger partial charge in [0.05, 0.1) is 11.6 Å². The van der Waals surface area contributed by atoms with E-state index < -0.39 is 0 Å². The minimum atomic E-state index is 0. The fourth-order valence-corrected chi connectivity index (χ4v) is 3.08. The molecule has 2 N–H and O–H groups in total. The zero-order valence-electron chi connectivity index (χ0n) is 15.7. The number of aryl methyl sites for hydroxylation is 1. The lowest BCUT2D eigenvalue weighted by Gasteiger charge is -2.12. The SMILES string of the molecule is CCCCOc1cccc(CNC(=NC)NCCc2ncc(C)s2)c1.I. The van der Waals surface area contributed by atoms with Gasteiger partial charge in [0.15, 0.2) is 5.96 Å². The molecule has 1 heterocycles. The van der Waals surface area contributed by atoms with Gasteiger partial charge in [0.1, 0.15) is 5.75 Å². The molecule has 144 valence electrons. The Bertz CT molecular complexity index is 675. The average Bonchev–Trinajstić information content (AvgIpc) is 3.04. The molecule has 0 radical (unpaired) electrons. The molecule has 0 aliphatic rings. The van der Waals surface area contributed by atoms with Crippen molar-refractivity contribution in [3.63, 3.8) is 0 Å². The Hall–Kier alpha value is -1.35. The van der Waals surface area contributed by atoms with Crippen LogP contribution in [-0.2, 0) is 13.0 Å². The first-order chi connectivity index (χ1) is 12.2. The molecule has 5 nitrogen and oxygen atoms in total. The molecule has 1 aromatic carbocycles. The van der Waals surface area contributed by atoms with E-state index in [2.05, 4.69) is 46.6 Å². The van der Waals surface area contributed by atoms with Crippen molar-refractivity contribution in [1.82, 2.24) is 15.6 Å². The van der Waals surface area contributed by atoms with Crippen LogP contribution in [-0.4, -0.2) is 31.1 Å². The third-order valence-electron chi connectivity index (χ3n) is 3.65. The van der Waals surface area contributed by atoms with Gasteiger partial charge < -0.3 is 15.4 Å². The van der Waals surface area contributed by atoms with Gasteiger partial charge in [-0.2, -0.15) is 0 Å². The zero-order chi connectivity index (χ0) is 17.9. The summed E-state index contributed by atoms with van der Waals surface area (Å²) in [6.45, 7) is 6.54. The smallest absolute Gasteiger partial charge is 0.191 e. The first-order valence-corrected chi connectivity index (χ1v) is 9.60. The number of nitrogens with one attached hydrogen (secondary N) is 2. The Morgan fingerprint density at radius 3 is 2.85 bits per heavy atom. The Morgan fingerprint density at radius 1 is 1.31 bits per heavy atom. The molecule has 26 heavy (non-hydrogen) atoms. The molecule has 0 saturated heterocycles. The second-order valence-electron chi connectivity index (χ2n) is 5.82. The van der Waals surface area contributed by atoms with E-state index in [0.29, 0.717) is 6.54 Å². The van der Waals surface area contributed by atoms with Gasteiger partial charge >= 0.3 is 0 Å². The molecule has 0 spiro atoms. The van der Waals surface area contributed by atoms with Crippen molar-refractivity contribution in [2.24, 2.45) is 4.99 Å². The minimum Gasteiger partial charge on any atom is -0.494 e. The summed E-state index contributed by atoms with van der Waals surface area (Å²) in [6, 6.07) is 8.20. The monoisotopic (exact) mass is 488 g/mol. The van der Waals surface area contributed by atoms with E-state index in [-0.39, 0.29) is 24.0 Å². The molecule has 0 fully saturated rings. The van der Waals surface area contributed by atoms with Crippen LogP contribution in [0.15, 0.2) is 35.5 Å². The molecule has 0 amide bonds. The summed E-state index contributed by atoms with van der Waals surface area (Å²) < 4.78 is 5.76. The van der Waals surface area contributed by atoms with Gasteiger partial charge in [-0.3, -0.25) is 4.99 Å². The Labute approximate surface area is 177 Å². The van der Waals surface area contributed by atoms with Gasteiger partial charge in [-0.05, 0) is 31.0 Å². The summed E-state index contributed by atoms with van der Waals surface area (Å²) in [7, 11) is 1.78. The zero-order valence-corrected chi connectivity index (χ0v) is 18.9. The molecule has 0 aliphatic carbocycles. The van der Waals surface area contributed by atoms with E-state index in [9.17, 15) is 0 Å². The van der Waals surface area contributed by atoms with E-state index in [0.717, 1.165) is 49.1 Å². The van der Waals surface area contributed by atoms with E-state index in [1.807, 2.05) is 18.3 Å². The van der Waals surface area contributed by atoms with Crippen LogP contribution in [0.1, 0.15) is 35.2 Å². The van der Waals surface area contributed by atoms with Crippen LogP contribution >= 0.6 is 35.3 Å². The fraction of sp³-hybridized carbons (Fsp3) is 0.474. The lowest BCUT2D eigenvalue weighted by molar-refractivity contribution is 0.309. The number of rotatable bonds is 9. The first-order valence-electron chi connectivity index (χ1n) is 8.79. The molecular weight excluding hydrogens is 459 g/mol. The molecule has 0 atom stereocenters. The topological polar surface area (TPSA) is 58.5 Å². The summed E-state index contributed by atoms with van der Waals surface area (Å²) in [5, 5.41) is 7.82. The van der Waals surface area contributed by atoms with Gasteiger partial charge in [-0.1, -0.05) is 25.5 Å². The van der Waals surface area contributed by atoms with Crippen LogP contribution < -0.4 is 15.4 Å². The number of unbranched alkanes of at least 4 members (excludes halogenated alkanes) is 1. The quantitative estimate of drug-likeness (QED) is 0.241. The number of aliphatic imine (C=N–C) groups is 1. The number of guanidine groups is 1. The van der Waals surface area contributed by atoms with Gasteiger partial charge in [0.25, 0.3) is 0 Å². The van der Waals surface area contributed by atoms with Crippen molar-refractivity contribution >= 4 is 41.3 Å². The number of thiazole rings is 1. The maximum Gasteiger partial charge on any atom is 0.191 e. The Kier molecular flexibility index (Phi) is 11.3. The van der Waals surface area contributed by atoms with Gasteiger partial charge in [-0.15, -0.1) is 35.3 Å². The maximum atomic E-state index is 5.76. The van der Waals surface area contributed by atoms with Crippen molar-refractivity contribution in [1.29, 1.82) is 0 Å². The van der Waals surface area contributed by atoms with Crippen LogP contribution in [0.25, 0.3) is 0 Å². The predicted molar refractivity (Wildman–Crippen MR) is 121 cm³/mol. The number of nitrogens with zero attached hydrogens (tertiary/aromatic N) is 2. The first kappa shape index (κ1) is 22.7. The highest BCUT2D eigenvalue weighted by molar-refractivity contribution is 14.0. The molecule has 0 unspecified atom stereocenters. The number of hydrogen-bond acceptors (Lipinski definition) is 4. The lowest BCUT2D eigenvalue weighted by Crippen LogP contribution is -2.37. The van der Waals surface area contributed by atoms with E-state index >= 15 is 0 Å². The molecule has 2 rings (SSSR count). The third kappa shape index (κ3) is 8.35. The highest BCUT2D eigenvalue weighted by Gasteiger charge is 2.02. The fourth-order valence-electron chi connectivity index (χ4n) is 2.29. The van der Waals surface area contributed by atoms with Crippen molar-refractivity contribution in [3.05, 3.63) is 45.9 Å². The summed E-state index contributed by atoms with van der Waals surface area (Å²) in [5.74, 6) is 1.72. The predicted octanol–water partition coefficient (Wildman–Crippen LogP) is 4.16. The molecule has 0 saturated carbocycles. The largest absolute Gasteiger partial charge is 0.494 e. The van der Waals surface area contributed by atoms with Crippen LogP contribution in [0, 0.1) is 6.92 Å². The molecule has 0 bridgehead atoms. The van der Waals surface area contributed by atoms with Gasteiger partial charge in [0, 0.05) is 37.6 Å². The summed E-state index contributed by atoms with van der Waals surface area (Å²) in [5.41, 5.74) is 1.17. The Balaban J connectivity index is 0.00000338. The molecule has 1 aromatic heterocycles. The maximum absolute atomic E-state index is 5.76. The van der Waals surface area contributed by atoms with Crippen LogP contribution in [0.5, 0.6) is 5.75 Å². The summed E-state index contributed by atoms with van der Waals surface area (Å²) in [4.78, 5) is 9.89. The van der Waals surface area contributed by atoms with Crippen molar-refractivity contribution in [2.75, 3.05) is 20.2 Å². The van der Waals surface area contributed by atoms with Gasteiger partial charge in [-0.25, -0.2) is 4.98 Å². The van der Waals surface area contributed by atoms with Crippen LogP contribution in [0.2, 0.25) is 0 Å². The third-order valence-corrected chi connectivity index (χ3v) is 4.62. The highest BCUT2D eigenvalue weighted by Crippen LogP contribution is 2.14. The summed E-state index contributed by atoms with van der Waals surface area (Å²) >= 11 is 1.74. The van der Waals surface area contributed by atoms with E-state index in [1.54, 1.807) is 18.4 Å². The number of aromatic nitrogens is 1. The minimum absolute atomic E-state index is 0. The molecular formula is C19H29IN4OS. The molecule has 0 aliphatic heterocycles. The van der Waals surface area contributed by atoms with Crippen molar-refractivity contribution < 1.29 is 4.74 Å². The van der Waals surface area contributed by atoms with Crippen molar-refractivity contribution in [2.45, 2.75) is 39.7 Å². The second-order valence-corrected chi connectivity index (χ2v) is 7.14. The lowest BCUT2D eigenvalue weighted by atomic mass is 10.2. The number of hydrogen-bond donors (Lipinski definition) is 2. The van der Waals surface area contributed by atoms with Crippen LogP contribution in [0.4, 0.5) is 0 Å². The average molecular weight is 488 g/mol. The van der Waals surface area contributed by atoms with E-state index in [1.165, 1.54) is 10.4 Å². The normalized spacial score (nSPS) is 11.0. The highest BCUT2D eigenvalue weighted by atomic mass is 127. The standard InChI is InChI=1S/C19H28N4OS.HI/c1-4-5-11-24-17-8-6-7-16(12-17)14-23-19(20-3)21-10-9-18-22-13-15(2)25-18;/h6-8,12-13H,4-5,9-11,14H2,1-3H3,(H2,20,21,23);1H. The second kappa shape index (κ2) is 12.9. The number of benzene rings is 1.